The summed E-state index contributed by atoms with van der Waals surface area (Å²) in [5, 5.41) is 7.87. The first kappa shape index (κ1) is 13.3. The van der Waals surface area contributed by atoms with Gasteiger partial charge < -0.3 is 5.32 Å². The lowest BCUT2D eigenvalue weighted by atomic mass is 10.2. The Morgan fingerprint density at radius 3 is 2.80 bits per heavy atom. The number of aromatic nitrogens is 3. The third-order valence-corrected chi connectivity index (χ3v) is 3.86. The van der Waals surface area contributed by atoms with Gasteiger partial charge in [0, 0.05) is 22.3 Å². The average Bonchev–Trinajstić information content (AvgIpc) is 2.85. The molecule has 4 nitrogen and oxygen atoms in total. The maximum absolute atomic E-state index is 6.06. The molecule has 1 N–H and O–H groups in total. The van der Waals surface area contributed by atoms with Crippen molar-refractivity contribution >= 4 is 39.7 Å². The fourth-order valence-corrected chi connectivity index (χ4v) is 2.74. The van der Waals surface area contributed by atoms with Crippen molar-refractivity contribution < 1.29 is 0 Å². The minimum atomic E-state index is 0.625. The molecule has 2 aromatic heterocycles. The van der Waals surface area contributed by atoms with Gasteiger partial charge >= 0.3 is 0 Å². The van der Waals surface area contributed by atoms with Crippen LogP contribution in [0.15, 0.2) is 23.6 Å². The standard InChI is InChI=1S/C14H13ClN4S/c1-3-16-13-10-5-4-9(15)6-11(10)18-14(19-13)12-7-20-8(2)17-12/h4-7H,3H2,1-2H3,(H,16,18,19). The van der Waals surface area contributed by atoms with Gasteiger partial charge in [-0.1, -0.05) is 11.6 Å². The van der Waals surface area contributed by atoms with Gasteiger partial charge in [0.05, 0.1) is 10.5 Å². The topological polar surface area (TPSA) is 50.7 Å². The second-order valence-corrected chi connectivity index (χ2v) is 5.84. The summed E-state index contributed by atoms with van der Waals surface area (Å²) in [6.07, 6.45) is 0. The first-order valence-electron chi connectivity index (χ1n) is 6.31. The monoisotopic (exact) mass is 304 g/mol. The van der Waals surface area contributed by atoms with E-state index in [1.165, 1.54) is 0 Å². The largest absolute Gasteiger partial charge is 0.370 e. The quantitative estimate of drug-likeness (QED) is 0.790. The molecule has 3 aromatic rings. The van der Waals surface area contributed by atoms with Crippen LogP contribution in [0, 0.1) is 6.92 Å². The first-order valence-corrected chi connectivity index (χ1v) is 7.57. The fraction of sp³-hybridized carbons (Fsp3) is 0.214. The molecule has 0 aliphatic carbocycles. The molecular weight excluding hydrogens is 292 g/mol. The lowest BCUT2D eigenvalue weighted by Gasteiger charge is -2.08. The van der Waals surface area contributed by atoms with Gasteiger partial charge in [0.15, 0.2) is 5.82 Å². The van der Waals surface area contributed by atoms with Gasteiger partial charge in [-0.2, -0.15) is 0 Å². The average molecular weight is 305 g/mol. The molecule has 0 saturated carbocycles. The van der Waals surface area contributed by atoms with Crippen LogP contribution in [0.4, 0.5) is 5.82 Å². The highest BCUT2D eigenvalue weighted by molar-refractivity contribution is 7.09. The molecule has 20 heavy (non-hydrogen) atoms. The van der Waals surface area contributed by atoms with Crippen LogP contribution in [0.5, 0.6) is 0 Å². The van der Waals surface area contributed by atoms with Gasteiger partial charge in [-0.05, 0) is 32.0 Å². The lowest BCUT2D eigenvalue weighted by Crippen LogP contribution is -2.03. The number of hydrogen-bond acceptors (Lipinski definition) is 5. The summed E-state index contributed by atoms with van der Waals surface area (Å²) in [5.74, 6) is 1.44. The second kappa shape index (κ2) is 5.34. The summed E-state index contributed by atoms with van der Waals surface area (Å²) in [6, 6.07) is 5.63. The zero-order valence-electron chi connectivity index (χ0n) is 11.1. The van der Waals surface area contributed by atoms with E-state index in [0.717, 1.165) is 34.0 Å². The Labute approximate surface area is 125 Å². The molecule has 0 aliphatic heterocycles. The minimum Gasteiger partial charge on any atom is -0.370 e. The molecule has 102 valence electrons. The van der Waals surface area contributed by atoms with Crippen molar-refractivity contribution in [2.45, 2.75) is 13.8 Å². The molecule has 0 unspecified atom stereocenters. The molecule has 0 atom stereocenters. The van der Waals surface area contributed by atoms with E-state index in [-0.39, 0.29) is 0 Å². The molecule has 0 radical (unpaired) electrons. The Balaban J connectivity index is 2.23. The highest BCUT2D eigenvalue weighted by Crippen LogP contribution is 2.27. The molecule has 0 saturated heterocycles. The maximum atomic E-state index is 6.06. The highest BCUT2D eigenvalue weighted by Gasteiger charge is 2.11. The number of benzene rings is 1. The summed E-state index contributed by atoms with van der Waals surface area (Å²) >= 11 is 7.65. The zero-order valence-corrected chi connectivity index (χ0v) is 12.7. The van der Waals surface area contributed by atoms with Crippen molar-refractivity contribution in [1.29, 1.82) is 0 Å². The molecule has 1 aromatic carbocycles. The summed E-state index contributed by atoms with van der Waals surface area (Å²) in [6.45, 7) is 4.80. The van der Waals surface area contributed by atoms with Crippen molar-refractivity contribution in [1.82, 2.24) is 15.0 Å². The first-order chi connectivity index (χ1) is 9.67. The van der Waals surface area contributed by atoms with Crippen LogP contribution in [0.1, 0.15) is 11.9 Å². The zero-order chi connectivity index (χ0) is 14.1. The Bertz CT molecular complexity index is 769. The van der Waals surface area contributed by atoms with Gasteiger partial charge in [-0.3, -0.25) is 0 Å². The molecule has 3 rings (SSSR count). The smallest absolute Gasteiger partial charge is 0.181 e. The Kier molecular flexibility index (Phi) is 3.54. The predicted octanol–water partition coefficient (Wildman–Crippen LogP) is 4.15. The molecule has 0 bridgehead atoms. The van der Waals surface area contributed by atoms with Crippen LogP contribution in [-0.2, 0) is 0 Å². The van der Waals surface area contributed by atoms with Gasteiger partial charge in [0.2, 0.25) is 0 Å². The number of nitrogens with zero attached hydrogens (tertiary/aromatic N) is 3. The van der Waals surface area contributed by atoms with Gasteiger partial charge in [0.1, 0.15) is 11.5 Å². The maximum Gasteiger partial charge on any atom is 0.181 e. The van der Waals surface area contributed by atoms with Crippen LogP contribution in [0.25, 0.3) is 22.4 Å². The molecule has 0 aliphatic rings. The second-order valence-electron chi connectivity index (χ2n) is 4.34. The molecular formula is C14H13ClN4S. The van der Waals surface area contributed by atoms with Crippen LogP contribution in [0.3, 0.4) is 0 Å². The molecule has 0 spiro atoms. The van der Waals surface area contributed by atoms with Crippen molar-refractivity contribution in [3.63, 3.8) is 0 Å². The summed E-state index contributed by atoms with van der Waals surface area (Å²) < 4.78 is 0. The van der Waals surface area contributed by atoms with E-state index in [2.05, 4.69) is 20.3 Å². The Hall–Kier alpha value is -1.72. The molecule has 0 amide bonds. The van der Waals surface area contributed by atoms with Gasteiger partial charge in [-0.15, -0.1) is 11.3 Å². The van der Waals surface area contributed by atoms with E-state index in [9.17, 15) is 0 Å². The van der Waals surface area contributed by atoms with Crippen LogP contribution >= 0.6 is 22.9 Å². The molecule has 0 fully saturated rings. The number of nitrogens with one attached hydrogen (secondary N) is 1. The number of aryl methyl sites for hydroxylation is 1. The summed E-state index contributed by atoms with van der Waals surface area (Å²) in [5.41, 5.74) is 1.62. The SMILES string of the molecule is CCNc1nc(-c2csc(C)n2)nc2cc(Cl)ccc12. The number of rotatable bonds is 3. The molecule has 2 heterocycles. The number of fused-ring (bicyclic) bond motifs is 1. The highest BCUT2D eigenvalue weighted by atomic mass is 35.5. The number of hydrogen-bond donors (Lipinski definition) is 1. The number of thiazole rings is 1. The van der Waals surface area contributed by atoms with Crippen LogP contribution < -0.4 is 5.32 Å². The third-order valence-electron chi connectivity index (χ3n) is 2.85. The van der Waals surface area contributed by atoms with Crippen LogP contribution in [-0.4, -0.2) is 21.5 Å². The van der Waals surface area contributed by atoms with E-state index in [0.29, 0.717) is 10.8 Å². The Morgan fingerprint density at radius 1 is 1.25 bits per heavy atom. The third kappa shape index (κ3) is 2.46. The summed E-state index contributed by atoms with van der Waals surface area (Å²) in [7, 11) is 0. The number of anilines is 1. The molecule has 6 heteroatoms. The van der Waals surface area contributed by atoms with Crippen molar-refractivity contribution in [3.8, 4) is 11.5 Å². The lowest BCUT2D eigenvalue weighted by molar-refractivity contribution is 1.13. The van der Waals surface area contributed by atoms with E-state index in [1.807, 2.05) is 37.4 Å². The fourth-order valence-electron chi connectivity index (χ4n) is 1.99. The minimum absolute atomic E-state index is 0.625. The summed E-state index contributed by atoms with van der Waals surface area (Å²) in [4.78, 5) is 13.6. The van der Waals surface area contributed by atoms with Gasteiger partial charge in [-0.25, -0.2) is 15.0 Å². The normalized spacial score (nSPS) is 10.9. The van der Waals surface area contributed by atoms with Crippen molar-refractivity contribution in [2.24, 2.45) is 0 Å². The van der Waals surface area contributed by atoms with Crippen molar-refractivity contribution in [3.05, 3.63) is 33.6 Å². The van der Waals surface area contributed by atoms with E-state index >= 15 is 0 Å². The van der Waals surface area contributed by atoms with Crippen LogP contribution in [0.2, 0.25) is 5.02 Å². The van der Waals surface area contributed by atoms with E-state index in [1.54, 1.807) is 11.3 Å². The number of halogens is 1. The van der Waals surface area contributed by atoms with Crippen molar-refractivity contribution in [2.75, 3.05) is 11.9 Å². The predicted molar refractivity (Wildman–Crippen MR) is 84.6 cm³/mol. The van der Waals surface area contributed by atoms with Gasteiger partial charge in [0.25, 0.3) is 0 Å². The Morgan fingerprint density at radius 2 is 2.10 bits per heavy atom. The van der Waals surface area contributed by atoms with E-state index in [4.69, 9.17) is 11.6 Å². The van der Waals surface area contributed by atoms with E-state index < -0.39 is 0 Å².